The van der Waals surface area contributed by atoms with Gasteiger partial charge in [-0.15, -0.1) is 0 Å². The highest BCUT2D eigenvalue weighted by molar-refractivity contribution is 6.15. The molecule has 0 aromatic heterocycles. The van der Waals surface area contributed by atoms with E-state index in [2.05, 4.69) is 0 Å². The van der Waals surface area contributed by atoms with Crippen molar-refractivity contribution in [2.24, 2.45) is 0 Å². The lowest BCUT2D eigenvalue weighted by atomic mass is 9.98. The molecule has 0 spiro atoms. The Balaban J connectivity index is 1.54. The van der Waals surface area contributed by atoms with Crippen LogP contribution in [0, 0.1) is 0 Å². The Kier molecular flexibility index (Phi) is 5.48. The van der Waals surface area contributed by atoms with Gasteiger partial charge in [-0.2, -0.15) is 0 Å². The topological polar surface area (TPSA) is 60.4 Å². The zero-order valence-electron chi connectivity index (χ0n) is 16.1. The molecule has 0 aliphatic heterocycles. The van der Waals surface area contributed by atoms with Crippen molar-refractivity contribution in [3.63, 3.8) is 0 Å². The maximum atomic E-state index is 12.8. The fourth-order valence-electron chi connectivity index (χ4n) is 3.36. The zero-order valence-corrected chi connectivity index (χ0v) is 16.1. The molecule has 0 aliphatic carbocycles. The van der Waals surface area contributed by atoms with Crippen LogP contribution in [-0.4, -0.2) is 24.1 Å². The molecule has 0 fully saturated rings. The summed E-state index contributed by atoms with van der Waals surface area (Å²) in [5, 5.41) is 1.74. The molecule has 30 heavy (non-hydrogen) atoms. The molecule has 146 valence electrons. The number of rotatable bonds is 6. The first kappa shape index (κ1) is 19.3. The molecule has 0 atom stereocenters. The van der Waals surface area contributed by atoms with Crippen LogP contribution in [0.1, 0.15) is 36.6 Å². The highest BCUT2D eigenvalue weighted by atomic mass is 16.5. The second kappa shape index (κ2) is 8.53. The quantitative estimate of drug-likeness (QED) is 0.337. The summed E-state index contributed by atoms with van der Waals surface area (Å²) in [6, 6.07) is 28.1. The molecule has 0 saturated heterocycles. The fraction of sp³-hybridized carbons (Fsp3) is 0.0385. The van der Waals surface area contributed by atoms with Crippen LogP contribution >= 0.6 is 0 Å². The minimum absolute atomic E-state index is 0.136. The first-order valence-electron chi connectivity index (χ1n) is 9.52. The van der Waals surface area contributed by atoms with Gasteiger partial charge in [-0.25, -0.2) is 4.79 Å². The molecular weight excluding hydrogens is 376 g/mol. The van der Waals surface area contributed by atoms with Gasteiger partial charge in [0.2, 0.25) is 5.78 Å². The molecule has 0 radical (unpaired) electrons. The number of ether oxygens (including phenoxy) is 1. The average molecular weight is 394 g/mol. The fourth-order valence-corrected chi connectivity index (χ4v) is 3.36. The van der Waals surface area contributed by atoms with Crippen LogP contribution in [0.2, 0.25) is 0 Å². The summed E-state index contributed by atoms with van der Waals surface area (Å²) in [5.41, 5.74) is 1.35. The number of Topliss-reactive ketones (excluding diaryl/α,β-unsaturated/α-hetero) is 1. The lowest BCUT2D eigenvalue weighted by Gasteiger charge is -2.10. The van der Waals surface area contributed by atoms with E-state index < -0.39 is 12.6 Å². The van der Waals surface area contributed by atoms with E-state index in [4.69, 9.17) is 4.74 Å². The molecule has 4 heteroatoms. The van der Waals surface area contributed by atoms with Gasteiger partial charge in [-0.3, -0.25) is 9.59 Å². The monoisotopic (exact) mass is 394 g/mol. The first-order valence-corrected chi connectivity index (χ1v) is 9.52. The van der Waals surface area contributed by atoms with E-state index in [0.29, 0.717) is 11.1 Å². The molecule has 0 saturated carbocycles. The lowest BCUT2D eigenvalue weighted by Crippen LogP contribution is -2.17. The van der Waals surface area contributed by atoms with Gasteiger partial charge in [0.25, 0.3) is 0 Å². The van der Waals surface area contributed by atoms with E-state index >= 15 is 0 Å². The minimum atomic E-state index is -0.705. The van der Waals surface area contributed by atoms with E-state index in [0.717, 1.165) is 10.8 Å². The van der Waals surface area contributed by atoms with Crippen molar-refractivity contribution in [3.8, 4) is 0 Å². The SMILES string of the molecule is O=C(OCC(=O)c1cccc2ccccc12)c1ccccc1C(=O)c1ccccc1. The van der Waals surface area contributed by atoms with Crippen molar-refractivity contribution >= 4 is 28.3 Å². The number of ketones is 2. The van der Waals surface area contributed by atoms with Crippen molar-refractivity contribution in [3.05, 3.63) is 119 Å². The van der Waals surface area contributed by atoms with E-state index in [1.165, 1.54) is 6.07 Å². The summed E-state index contributed by atoms with van der Waals surface area (Å²) < 4.78 is 5.28. The van der Waals surface area contributed by atoms with Gasteiger partial charge in [0.1, 0.15) is 0 Å². The maximum absolute atomic E-state index is 12.8. The van der Waals surface area contributed by atoms with E-state index in [1.807, 2.05) is 36.4 Å². The normalized spacial score (nSPS) is 10.5. The Morgan fingerprint density at radius 3 is 2.00 bits per heavy atom. The predicted octanol–water partition coefficient (Wildman–Crippen LogP) is 5.11. The largest absolute Gasteiger partial charge is 0.454 e. The van der Waals surface area contributed by atoms with E-state index in [1.54, 1.807) is 54.6 Å². The Morgan fingerprint density at radius 1 is 0.600 bits per heavy atom. The summed E-state index contributed by atoms with van der Waals surface area (Å²) in [4.78, 5) is 38.2. The Bertz CT molecular complexity index is 1240. The van der Waals surface area contributed by atoms with Crippen LogP contribution < -0.4 is 0 Å². The van der Waals surface area contributed by atoms with Crippen molar-refractivity contribution in [2.45, 2.75) is 0 Å². The third-order valence-electron chi connectivity index (χ3n) is 4.85. The molecule has 4 aromatic carbocycles. The molecular formula is C26H18O4. The predicted molar refractivity (Wildman–Crippen MR) is 115 cm³/mol. The second-order valence-corrected chi connectivity index (χ2v) is 6.77. The van der Waals surface area contributed by atoms with Crippen LogP contribution in [0.4, 0.5) is 0 Å². The van der Waals surface area contributed by atoms with Gasteiger partial charge in [-0.1, -0.05) is 91.0 Å². The van der Waals surface area contributed by atoms with Gasteiger partial charge in [0, 0.05) is 16.7 Å². The van der Waals surface area contributed by atoms with Gasteiger partial charge in [0.15, 0.2) is 12.4 Å². The molecule has 0 unspecified atom stereocenters. The Hall–Kier alpha value is -4.05. The third-order valence-corrected chi connectivity index (χ3v) is 4.85. The van der Waals surface area contributed by atoms with Crippen LogP contribution in [-0.2, 0) is 4.74 Å². The van der Waals surface area contributed by atoms with Crippen molar-refractivity contribution in [1.82, 2.24) is 0 Å². The third kappa shape index (κ3) is 3.89. The molecule has 4 aromatic rings. The number of hydrogen-bond acceptors (Lipinski definition) is 4. The molecule has 0 aliphatic rings. The van der Waals surface area contributed by atoms with E-state index in [-0.39, 0.29) is 22.7 Å². The van der Waals surface area contributed by atoms with E-state index in [9.17, 15) is 14.4 Å². The highest BCUT2D eigenvalue weighted by Crippen LogP contribution is 2.20. The number of esters is 1. The average Bonchev–Trinajstić information content (AvgIpc) is 2.82. The summed E-state index contributed by atoms with van der Waals surface area (Å²) in [6.45, 7) is -0.402. The molecule has 0 bridgehead atoms. The summed E-state index contributed by atoms with van der Waals surface area (Å²) in [6.07, 6.45) is 0. The van der Waals surface area contributed by atoms with Crippen LogP contribution in [0.3, 0.4) is 0 Å². The summed E-state index contributed by atoms with van der Waals surface area (Å²) in [7, 11) is 0. The van der Waals surface area contributed by atoms with Gasteiger partial charge < -0.3 is 4.74 Å². The molecule has 0 amide bonds. The van der Waals surface area contributed by atoms with Gasteiger partial charge >= 0.3 is 5.97 Å². The summed E-state index contributed by atoms with van der Waals surface area (Å²) >= 11 is 0. The first-order chi connectivity index (χ1) is 14.6. The van der Waals surface area contributed by atoms with Crippen molar-refractivity contribution in [2.75, 3.05) is 6.61 Å². The van der Waals surface area contributed by atoms with Crippen molar-refractivity contribution in [1.29, 1.82) is 0 Å². The maximum Gasteiger partial charge on any atom is 0.339 e. The zero-order chi connectivity index (χ0) is 20.9. The van der Waals surface area contributed by atoms with Gasteiger partial charge in [0.05, 0.1) is 5.56 Å². The number of carbonyl (C=O) groups excluding carboxylic acids is 3. The number of benzene rings is 4. The minimum Gasteiger partial charge on any atom is -0.454 e. The van der Waals surface area contributed by atoms with Crippen LogP contribution in [0.15, 0.2) is 97.1 Å². The summed E-state index contributed by atoms with van der Waals surface area (Å²) in [5.74, 6) is -1.28. The molecule has 0 heterocycles. The number of carbonyl (C=O) groups is 3. The Morgan fingerprint density at radius 2 is 1.20 bits per heavy atom. The van der Waals surface area contributed by atoms with Crippen molar-refractivity contribution < 1.29 is 19.1 Å². The standard InChI is InChI=1S/C26H18O4/c27-24(21-16-8-12-18-9-4-5-13-20(18)21)17-30-26(29)23-15-7-6-14-22(23)25(28)19-10-2-1-3-11-19/h1-16H,17H2. The molecule has 0 N–H and O–H groups in total. The second-order valence-electron chi connectivity index (χ2n) is 6.77. The van der Waals surface area contributed by atoms with Gasteiger partial charge in [-0.05, 0) is 16.8 Å². The van der Waals surface area contributed by atoms with Crippen LogP contribution in [0.5, 0.6) is 0 Å². The molecule has 4 nitrogen and oxygen atoms in total. The lowest BCUT2D eigenvalue weighted by molar-refractivity contribution is 0.0473. The smallest absolute Gasteiger partial charge is 0.339 e. The van der Waals surface area contributed by atoms with Crippen LogP contribution in [0.25, 0.3) is 10.8 Å². The Labute approximate surface area is 173 Å². The molecule has 4 rings (SSSR count). The number of fused-ring (bicyclic) bond motifs is 1. The number of hydrogen-bond donors (Lipinski definition) is 0. The highest BCUT2D eigenvalue weighted by Gasteiger charge is 2.20.